The number of carbonyl (C=O) groups is 2. The van der Waals surface area contributed by atoms with Crippen LogP contribution >= 0.6 is 0 Å². The summed E-state index contributed by atoms with van der Waals surface area (Å²) in [5.74, 6) is 0.558. The topological polar surface area (TPSA) is 73.7 Å². The summed E-state index contributed by atoms with van der Waals surface area (Å²) in [6, 6.07) is 16.8. The first-order chi connectivity index (χ1) is 18.1. The molecule has 37 heavy (non-hydrogen) atoms. The summed E-state index contributed by atoms with van der Waals surface area (Å²) in [5, 5.41) is 4.47. The summed E-state index contributed by atoms with van der Waals surface area (Å²) < 4.78 is 25.3. The fourth-order valence-corrected chi connectivity index (χ4v) is 4.83. The summed E-state index contributed by atoms with van der Waals surface area (Å²) >= 11 is 0. The number of aromatic nitrogens is 2. The van der Waals surface area contributed by atoms with Crippen LogP contribution in [0.15, 0.2) is 60.8 Å². The van der Waals surface area contributed by atoms with Crippen molar-refractivity contribution in [3.63, 3.8) is 0 Å². The van der Waals surface area contributed by atoms with Gasteiger partial charge in [-0.1, -0.05) is 37.3 Å². The maximum atomic E-state index is 13.5. The molecule has 2 unspecified atom stereocenters. The number of hydrogen-bond donors (Lipinski definition) is 0. The highest BCUT2D eigenvalue weighted by Gasteiger charge is 2.39. The second-order valence-corrected chi connectivity index (χ2v) is 9.75. The Labute approximate surface area is 216 Å². The van der Waals surface area contributed by atoms with Crippen molar-refractivity contribution in [2.75, 3.05) is 6.67 Å². The van der Waals surface area contributed by atoms with Gasteiger partial charge in [-0.15, -0.1) is 0 Å². The Kier molecular flexibility index (Phi) is 7.53. The van der Waals surface area contributed by atoms with Crippen molar-refractivity contribution in [1.82, 2.24) is 14.7 Å². The smallest absolute Gasteiger partial charge is 0.435 e. The third kappa shape index (κ3) is 5.84. The van der Waals surface area contributed by atoms with Gasteiger partial charge in [0, 0.05) is 23.8 Å². The molecule has 0 spiro atoms. The Morgan fingerprint density at radius 1 is 1.08 bits per heavy atom. The monoisotopic (exact) mass is 505 g/mol. The zero-order chi connectivity index (χ0) is 25.8. The van der Waals surface area contributed by atoms with Gasteiger partial charge in [-0.05, 0) is 73.9 Å². The maximum Gasteiger partial charge on any atom is 0.435 e. The first-order valence-corrected chi connectivity index (χ1v) is 13.0. The van der Waals surface area contributed by atoms with Crippen molar-refractivity contribution in [3.05, 3.63) is 83.2 Å². The average molecular weight is 506 g/mol. The molecule has 8 heteroatoms. The Morgan fingerprint density at radius 2 is 1.84 bits per heavy atom. The van der Waals surface area contributed by atoms with Crippen LogP contribution in [-0.4, -0.2) is 51.5 Å². The Morgan fingerprint density at radius 3 is 2.51 bits per heavy atom. The van der Waals surface area contributed by atoms with Crippen molar-refractivity contribution in [2.24, 2.45) is 0 Å². The first-order valence-electron chi connectivity index (χ1n) is 13.0. The second-order valence-electron chi connectivity index (χ2n) is 9.75. The van der Waals surface area contributed by atoms with E-state index in [0.29, 0.717) is 30.6 Å². The van der Waals surface area contributed by atoms with Crippen LogP contribution in [0.5, 0.6) is 5.75 Å². The number of hydrogen-bond acceptors (Lipinski definition) is 5. The molecule has 2 atom stereocenters. The van der Waals surface area contributed by atoms with Gasteiger partial charge in [-0.25, -0.2) is 9.18 Å². The Balaban J connectivity index is 1.24. The highest BCUT2D eigenvalue weighted by atomic mass is 19.1. The van der Waals surface area contributed by atoms with E-state index in [0.717, 1.165) is 36.1 Å². The molecule has 5 rings (SSSR count). The fraction of sp³-hybridized carbons (Fsp3) is 0.414. The summed E-state index contributed by atoms with van der Waals surface area (Å²) in [5.41, 5.74) is 3.38. The molecular formula is C29H32FN3O4. The van der Waals surface area contributed by atoms with Gasteiger partial charge < -0.3 is 14.4 Å². The van der Waals surface area contributed by atoms with Gasteiger partial charge in [0.2, 0.25) is 0 Å². The third-order valence-corrected chi connectivity index (χ3v) is 7.04. The largest absolute Gasteiger partial charge is 0.488 e. The molecular weight excluding hydrogens is 473 g/mol. The predicted molar refractivity (Wildman–Crippen MR) is 136 cm³/mol. The fourth-order valence-electron chi connectivity index (χ4n) is 4.83. The lowest BCUT2D eigenvalue weighted by Gasteiger charge is -2.34. The highest BCUT2D eigenvalue weighted by molar-refractivity contribution is 5.95. The molecule has 0 aliphatic heterocycles. The van der Waals surface area contributed by atoms with E-state index in [9.17, 15) is 14.0 Å². The van der Waals surface area contributed by atoms with Crippen molar-refractivity contribution in [3.8, 4) is 5.75 Å². The van der Waals surface area contributed by atoms with E-state index < -0.39 is 18.9 Å². The molecule has 0 bridgehead atoms. The minimum atomic E-state index is -0.544. The van der Waals surface area contributed by atoms with E-state index in [-0.39, 0.29) is 24.6 Å². The lowest BCUT2D eigenvalue weighted by molar-refractivity contribution is 0.0642. The van der Waals surface area contributed by atoms with Gasteiger partial charge in [0.1, 0.15) is 25.1 Å². The van der Waals surface area contributed by atoms with Gasteiger partial charge in [-0.3, -0.25) is 4.79 Å². The van der Waals surface area contributed by atoms with Crippen LogP contribution in [0.25, 0.3) is 0 Å². The van der Waals surface area contributed by atoms with Crippen LogP contribution in [0.1, 0.15) is 59.8 Å². The van der Waals surface area contributed by atoms with E-state index in [1.54, 1.807) is 30.5 Å². The standard InChI is InChI=1S/C29H32FN3O4/c1-2-25(17-30)37-26-13-8-21(9-14-26)28(34)33(23-10-11-23)24-12-15-27-22(16-24)18-32(31-27)29(35)36-19-20-6-4-3-5-7-20/h3-9,13-14,18,23-25H,2,10-12,15-17,19H2,1H3. The molecule has 3 aromatic rings. The summed E-state index contributed by atoms with van der Waals surface area (Å²) in [6.45, 7) is 1.52. The van der Waals surface area contributed by atoms with E-state index in [1.807, 2.05) is 42.2 Å². The predicted octanol–water partition coefficient (Wildman–Crippen LogP) is 5.36. The van der Waals surface area contributed by atoms with Crippen molar-refractivity contribution in [2.45, 2.75) is 70.2 Å². The summed E-state index contributed by atoms with van der Waals surface area (Å²) in [4.78, 5) is 28.1. The molecule has 194 valence electrons. The quantitative estimate of drug-likeness (QED) is 0.392. The van der Waals surface area contributed by atoms with Crippen LogP contribution in [-0.2, 0) is 24.2 Å². The molecule has 2 aliphatic carbocycles. The number of halogens is 1. The number of carbonyl (C=O) groups excluding carboxylic acids is 2. The number of fused-ring (bicyclic) bond motifs is 1. The molecule has 1 fully saturated rings. The van der Waals surface area contributed by atoms with E-state index in [1.165, 1.54) is 4.68 Å². The van der Waals surface area contributed by atoms with Gasteiger partial charge >= 0.3 is 6.09 Å². The molecule has 2 aliphatic rings. The number of ether oxygens (including phenoxy) is 2. The van der Waals surface area contributed by atoms with Crippen LogP contribution < -0.4 is 4.74 Å². The van der Waals surface area contributed by atoms with Gasteiger partial charge in [0.25, 0.3) is 5.91 Å². The molecule has 7 nitrogen and oxygen atoms in total. The summed E-state index contributed by atoms with van der Waals surface area (Å²) in [7, 11) is 0. The molecule has 1 aromatic heterocycles. The zero-order valence-corrected chi connectivity index (χ0v) is 21.0. The molecule has 0 saturated heterocycles. The lowest BCUT2D eigenvalue weighted by atomic mass is 9.91. The lowest BCUT2D eigenvalue weighted by Crippen LogP contribution is -2.44. The molecule has 1 saturated carbocycles. The van der Waals surface area contributed by atoms with Crippen LogP contribution in [0.2, 0.25) is 0 Å². The normalized spacial score (nSPS) is 17.5. The molecule has 0 N–H and O–H groups in total. The van der Waals surface area contributed by atoms with Gasteiger partial charge in [0.15, 0.2) is 0 Å². The molecule has 1 amide bonds. The number of nitrogens with zero attached hydrogens (tertiary/aromatic N) is 3. The Bertz CT molecular complexity index is 1220. The average Bonchev–Trinajstić information content (AvgIpc) is 3.68. The van der Waals surface area contributed by atoms with Crippen molar-refractivity contribution in [1.29, 1.82) is 0 Å². The van der Waals surface area contributed by atoms with Gasteiger partial charge in [0.05, 0.1) is 5.69 Å². The highest BCUT2D eigenvalue weighted by Crippen LogP contribution is 2.35. The number of benzene rings is 2. The van der Waals surface area contributed by atoms with Crippen molar-refractivity contribution < 1.29 is 23.5 Å². The molecule has 2 aromatic carbocycles. The van der Waals surface area contributed by atoms with Crippen molar-refractivity contribution >= 4 is 12.0 Å². The minimum absolute atomic E-state index is 0.00491. The first kappa shape index (κ1) is 25.0. The number of rotatable bonds is 9. The van der Waals surface area contributed by atoms with E-state index in [2.05, 4.69) is 5.10 Å². The Hall–Kier alpha value is -3.68. The third-order valence-electron chi connectivity index (χ3n) is 7.04. The van der Waals surface area contributed by atoms with Gasteiger partial charge in [-0.2, -0.15) is 9.78 Å². The van der Waals surface area contributed by atoms with E-state index in [4.69, 9.17) is 9.47 Å². The minimum Gasteiger partial charge on any atom is -0.488 e. The molecule has 1 heterocycles. The number of alkyl halides is 1. The number of amides is 1. The van der Waals surface area contributed by atoms with Crippen LogP contribution in [0.4, 0.5) is 9.18 Å². The van der Waals surface area contributed by atoms with Crippen LogP contribution in [0.3, 0.4) is 0 Å². The molecule has 0 radical (unpaired) electrons. The van der Waals surface area contributed by atoms with Crippen LogP contribution in [0, 0.1) is 0 Å². The van der Waals surface area contributed by atoms with E-state index >= 15 is 0 Å². The zero-order valence-electron chi connectivity index (χ0n) is 21.0. The summed E-state index contributed by atoms with van der Waals surface area (Å²) in [6.07, 6.45) is 5.47. The number of aryl methyl sites for hydroxylation is 1. The maximum absolute atomic E-state index is 13.5. The SMILES string of the molecule is CCC(CF)Oc1ccc(C(=O)N(C2CC2)C2CCc3nn(C(=O)OCc4ccccc4)cc3C2)cc1. The second kappa shape index (κ2) is 11.2.